The maximum atomic E-state index is 13.4. The molecule has 1 aliphatic carbocycles. The standard InChI is InChI=1S/C21H24N2O3S3/c1-14-15(2)28-19-18(14)20(24)23(16-8-6-7-9-16)21(22-19)27-12-13-29(25,26)17-10-4-3-5-11-17/h3-5,10-11,16H,6-9,12-13H2,1-2H3. The third kappa shape index (κ3) is 4.02. The molecule has 5 nitrogen and oxygen atoms in total. The van der Waals surface area contributed by atoms with E-state index in [0.717, 1.165) is 46.3 Å². The lowest BCUT2D eigenvalue weighted by atomic mass is 10.2. The van der Waals surface area contributed by atoms with E-state index < -0.39 is 9.84 Å². The summed E-state index contributed by atoms with van der Waals surface area (Å²) in [6.45, 7) is 4.00. The van der Waals surface area contributed by atoms with Crippen molar-refractivity contribution in [3.8, 4) is 0 Å². The van der Waals surface area contributed by atoms with Crippen LogP contribution >= 0.6 is 23.1 Å². The Hall–Kier alpha value is -1.64. The molecule has 0 amide bonds. The number of nitrogens with zero attached hydrogens (tertiary/aromatic N) is 2. The van der Waals surface area contributed by atoms with E-state index in [2.05, 4.69) is 0 Å². The molecule has 154 valence electrons. The van der Waals surface area contributed by atoms with Crippen LogP contribution < -0.4 is 5.56 Å². The first kappa shape index (κ1) is 20.6. The summed E-state index contributed by atoms with van der Waals surface area (Å²) in [6.07, 6.45) is 4.18. The quantitative estimate of drug-likeness (QED) is 0.402. The van der Waals surface area contributed by atoms with E-state index in [4.69, 9.17) is 4.98 Å². The Kier molecular flexibility index (Phi) is 5.86. The topological polar surface area (TPSA) is 69.0 Å². The van der Waals surface area contributed by atoms with Crippen LogP contribution in [0.5, 0.6) is 0 Å². The molecular formula is C21H24N2O3S3. The van der Waals surface area contributed by atoms with Gasteiger partial charge in [-0.1, -0.05) is 42.8 Å². The van der Waals surface area contributed by atoms with Crippen molar-refractivity contribution in [2.45, 2.75) is 55.6 Å². The van der Waals surface area contributed by atoms with Crippen LogP contribution in [0.4, 0.5) is 0 Å². The van der Waals surface area contributed by atoms with Crippen LogP contribution in [0.3, 0.4) is 0 Å². The summed E-state index contributed by atoms with van der Waals surface area (Å²) in [4.78, 5) is 20.4. The molecule has 1 aromatic carbocycles. The predicted octanol–water partition coefficient (Wildman–Crippen LogP) is 4.76. The van der Waals surface area contributed by atoms with Gasteiger partial charge in [0.1, 0.15) is 4.83 Å². The van der Waals surface area contributed by atoms with Gasteiger partial charge in [-0.2, -0.15) is 0 Å². The number of sulfone groups is 1. The molecular weight excluding hydrogens is 424 g/mol. The minimum atomic E-state index is -3.35. The molecule has 0 saturated heterocycles. The zero-order chi connectivity index (χ0) is 20.6. The van der Waals surface area contributed by atoms with Crippen LogP contribution in [-0.2, 0) is 9.84 Å². The lowest BCUT2D eigenvalue weighted by molar-refractivity contribution is 0.458. The molecule has 0 spiro atoms. The van der Waals surface area contributed by atoms with E-state index in [0.29, 0.717) is 15.8 Å². The maximum absolute atomic E-state index is 13.4. The summed E-state index contributed by atoms with van der Waals surface area (Å²) in [5, 5.41) is 1.37. The van der Waals surface area contributed by atoms with Gasteiger partial charge in [-0.05, 0) is 44.4 Å². The Labute approximate surface area is 179 Å². The van der Waals surface area contributed by atoms with Crippen LogP contribution in [0.25, 0.3) is 10.2 Å². The summed E-state index contributed by atoms with van der Waals surface area (Å²) in [6, 6.07) is 8.67. The maximum Gasteiger partial charge on any atom is 0.263 e. The molecule has 29 heavy (non-hydrogen) atoms. The zero-order valence-electron chi connectivity index (χ0n) is 16.6. The van der Waals surface area contributed by atoms with E-state index in [-0.39, 0.29) is 17.4 Å². The second-order valence-electron chi connectivity index (χ2n) is 7.45. The van der Waals surface area contributed by atoms with E-state index in [1.165, 1.54) is 23.1 Å². The summed E-state index contributed by atoms with van der Waals surface area (Å²) >= 11 is 2.92. The van der Waals surface area contributed by atoms with Gasteiger partial charge in [0.2, 0.25) is 0 Å². The monoisotopic (exact) mass is 448 g/mol. The Morgan fingerprint density at radius 2 is 1.86 bits per heavy atom. The van der Waals surface area contributed by atoms with Crippen molar-refractivity contribution in [1.82, 2.24) is 9.55 Å². The van der Waals surface area contributed by atoms with Crippen LogP contribution in [0, 0.1) is 13.8 Å². The van der Waals surface area contributed by atoms with Gasteiger partial charge in [0.05, 0.1) is 16.0 Å². The van der Waals surface area contributed by atoms with Crippen LogP contribution in [0.1, 0.15) is 42.2 Å². The Balaban J connectivity index is 1.66. The van der Waals surface area contributed by atoms with Crippen molar-refractivity contribution >= 4 is 43.2 Å². The second-order valence-corrected chi connectivity index (χ2v) is 11.8. The second kappa shape index (κ2) is 8.24. The van der Waals surface area contributed by atoms with Crippen LogP contribution in [0.15, 0.2) is 45.2 Å². The first-order valence-electron chi connectivity index (χ1n) is 9.81. The molecule has 1 aliphatic rings. The molecule has 0 radical (unpaired) electrons. The number of thioether (sulfide) groups is 1. The minimum absolute atomic E-state index is 0.0166. The van der Waals surface area contributed by atoms with Crippen molar-refractivity contribution in [2.24, 2.45) is 0 Å². The molecule has 1 fully saturated rings. The summed E-state index contributed by atoms with van der Waals surface area (Å²) in [5.74, 6) is 0.383. The number of aromatic nitrogens is 2. The predicted molar refractivity (Wildman–Crippen MR) is 120 cm³/mol. The Morgan fingerprint density at radius 3 is 2.55 bits per heavy atom. The Morgan fingerprint density at radius 1 is 1.17 bits per heavy atom. The normalized spacial score (nSPS) is 15.4. The van der Waals surface area contributed by atoms with Gasteiger partial charge in [0.15, 0.2) is 15.0 Å². The number of benzene rings is 1. The summed E-state index contributed by atoms with van der Waals surface area (Å²) in [5.41, 5.74) is 1.04. The SMILES string of the molecule is Cc1sc2nc(SCCS(=O)(=O)c3ccccc3)n(C3CCCC3)c(=O)c2c1C. The van der Waals surface area contributed by atoms with Crippen LogP contribution in [0.2, 0.25) is 0 Å². The molecule has 0 unspecified atom stereocenters. The Bertz CT molecular complexity index is 1190. The smallest absolute Gasteiger partial charge is 0.263 e. The van der Waals surface area contributed by atoms with Gasteiger partial charge >= 0.3 is 0 Å². The third-order valence-electron chi connectivity index (χ3n) is 5.58. The van der Waals surface area contributed by atoms with Gasteiger partial charge in [-0.3, -0.25) is 9.36 Å². The van der Waals surface area contributed by atoms with Crippen molar-refractivity contribution in [3.63, 3.8) is 0 Å². The summed E-state index contributed by atoms with van der Waals surface area (Å²) < 4.78 is 27.0. The number of rotatable bonds is 6. The fraction of sp³-hybridized carbons (Fsp3) is 0.429. The van der Waals surface area contributed by atoms with Gasteiger partial charge in [-0.15, -0.1) is 11.3 Å². The summed E-state index contributed by atoms with van der Waals surface area (Å²) in [7, 11) is -3.35. The average Bonchev–Trinajstić information content (AvgIpc) is 3.31. The lowest BCUT2D eigenvalue weighted by Gasteiger charge is -2.18. The highest BCUT2D eigenvalue weighted by atomic mass is 32.2. The van der Waals surface area contributed by atoms with Gasteiger partial charge in [-0.25, -0.2) is 13.4 Å². The molecule has 0 atom stereocenters. The highest BCUT2D eigenvalue weighted by Crippen LogP contribution is 2.34. The molecule has 2 heterocycles. The van der Waals surface area contributed by atoms with Crippen molar-refractivity contribution in [3.05, 3.63) is 51.1 Å². The molecule has 2 aromatic heterocycles. The van der Waals surface area contributed by atoms with E-state index in [1.807, 2.05) is 18.4 Å². The molecule has 3 aromatic rings. The molecule has 4 rings (SSSR count). The van der Waals surface area contributed by atoms with Crippen molar-refractivity contribution in [1.29, 1.82) is 0 Å². The fourth-order valence-corrected chi connectivity index (χ4v) is 7.67. The molecule has 8 heteroatoms. The number of fused-ring (bicyclic) bond motifs is 1. The minimum Gasteiger partial charge on any atom is -0.284 e. The fourth-order valence-electron chi connectivity index (χ4n) is 3.86. The zero-order valence-corrected chi connectivity index (χ0v) is 19.0. The van der Waals surface area contributed by atoms with Gasteiger partial charge in [0.25, 0.3) is 5.56 Å². The first-order valence-corrected chi connectivity index (χ1v) is 13.3. The van der Waals surface area contributed by atoms with Crippen molar-refractivity contribution < 1.29 is 8.42 Å². The highest BCUT2D eigenvalue weighted by Gasteiger charge is 2.25. The number of aryl methyl sites for hydroxylation is 2. The molecule has 0 bridgehead atoms. The largest absolute Gasteiger partial charge is 0.284 e. The molecule has 0 N–H and O–H groups in total. The first-order chi connectivity index (χ1) is 13.9. The van der Waals surface area contributed by atoms with E-state index in [1.54, 1.807) is 30.3 Å². The van der Waals surface area contributed by atoms with E-state index >= 15 is 0 Å². The third-order valence-corrected chi connectivity index (χ3v) is 9.62. The molecule has 1 saturated carbocycles. The van der Waals surface area contributed by atoms with Crippen LogP contribution in [-0.4, -0.2) is 29.5 Å². The van der Waals surface area contributed by atoms with E-state index in [9.17, 15) is 13.2 Å². The van der Waals surface area contributed by atoms with Gasteiger partial charge in [0, 0.05) is 16.7 Å². The average molecular weight is 449 g/mol. The lowest BCUT2D eigenvalue weighted by Crippen LogP contribution is -2.26. The van der Waals surface area contributed by atoms with Gasteiger partial charge < -0.3 is 0 Å². The highest BCUT2D eigenvalue weighted by molar-refractivity contribution is 8.00. The number of thiophene rings is 1. The molecule has 0 aliphatic heterocycles. The number of hydrogen-bond acceptors (Lipinski definition) is 6. The van der Waals surface area contributed by atoms with Crippen molar-refractivity contribution in [2.75, 3.05) is 11.5 Å². The number of hydrogen-bond donors (Lipinski definition) is 0.